The maximum atomic E-state index is 12.4. The highest BCUT2D eigenvalue weighted by molar-refractivity contribution is 5.69. The molecule has 0 aromatic carbocycles. The number of methoxy groups -OCH3 is 1. The monoisotopic (exact) mass is 337 g/mol. The van der Waals surface area contributed by atoms with Gasteiger partial charge in [-0.05, 0) is 0 Å². The number of nitrogens with one attached hydrogen (secondary N) is 1. The molecular formula is C8H8F9NO3. The van der Waals surface area contributed by atoms with Gasteiger partial charge < -0.3 is 9.47 Å². The highest BCUT2D eigenvalue weighted by Crippen LogP contribution is 2.52. The minimum Gasteiger partial charge on any atom is -0.447 e. The third kappa shape index (κ3) is 4.04. The van der Waals surface area contributed by atoms with E-state index >= 15 is 0 Å². The third-order valence-corrected chi connectivity index (χ3v) is 2.09. The van der Waals surface area contributed by atoms with Crippen molar-refractivity contribution in [3.8, 4) is 0 Å². The van der Waals surface area contributed by atoms with E-state index in [4.69, 9.17) is 0 Å². The summed E-state index contributed by atoms with van der Waals surface area (Å²) in [4.78, 5) is 10.8. The first kappa shape index (κ1) is 19.6. The zero-order valence-electron chi connectivity index (χ0n) is 10.0. The van der Waals surface area contributed by atoms with Crippen LogP contribution in [0.2, 0.25) is 0 Å². The molecule has 0 aliphatic carbocycles. The number of hydrogen-bond donors (Lipinski definition) is 1. The van der Waals surface area contributed by atoms with Crippen molar-refractivity contribution >= 4 is 6.09 Å². The Morgan fingerprint density at radius 1 is 0.857 bits per heavy atom. The number of hydrogen-bond acceptors (Lipinski definition) is 3. The standard InChI is InChI=1S/C8H8F9NO3/c1-20-2-3-21-4(19)18-5(6(9,10)11,7(12,13)14)8(15,16)17/h2-3H2,1H3,(H,18,19). The number of halogens is 9. The van der Waals surface area contributed by atoms with Crippen LogP contribution in [0.3, 0.4) is 0 Å². The van der Waals surface area contributed by atoms with Gasteiger partial charge in [-0.25, -0.2) is 4.79 Å². The van der Waals surface area contributed by atoms with Gasteiger partial charge in [0, 0.05) is 7.11 Å². The fourth-order valence-electron chi connectivity index (χ4n) is 1.10. The lowest BCUT2D eigenvalue weighted by molar-refractivity contribution is -0.387. The average molecular weight is 337 g/mol. The molecule has 1 amide bonds. The second kappa shape index (κ2) is 6.15. The smallest absolute Gasteiger partial charge is 0.429 e. The predicted octanol–water partition coefficient (Wildman–Crippen LogP) is 2.78. The molecule has 0 radical (unpaired) electrons. The lowest BCUT2D eigenvalue weighted by Gasteiger charge is -2.38. The number of rotatable bonds is 4. The van der Waals surface area contributed by atoms with Crippen LogP contribution >= 0.6 is 0 Å². The van der Waals surface area contributed by atoms with Crippen LogP contribution in [0.15, 0.2) is 0 Å². The van der Waals surface area contributed by atoms with Crippen molar-refractivity contribution in [3.63, 3.8) is 0 Å². The molecule has 0 fully saturated rings. The first-order valence-electron chi connectivity index (χ1n) is 4.84. The molecule has 0 saturated carbocycles. The van der Waals surface area contributed by atoms with E-state index in [1.807, 2.05) is 0 Å². The first-order chi connectivity index (χ1) is 9.20. The molecule has 0 bridgehead atoms. The van der Waals surface area contributed by atoms with Crippen molar-refractivity contribution in [2.75, 3.05) is 20.3 Å². The van der Waals surface area contributed by atoms with Gasteiger partial charge in [0.25, 0.3) is 0 Å². The Labute approximate surface area is 111 Å². The summed E-state index contributed by atoms with van der Waals surface area (Å²) in [5.74, 6) is 0. The minimum atomic E-state index is -6.89. The lowest BCUT2D eigenvalue weighted by Crippen LogP contribution is -2.75. The van der Waals surface area contributed by atoms with E-state index in [-0.39, 0.29) is 5.32 Å². The summed E-state index contributed by atoms with van der Waals surface area (Å²) < 4.78 is 119. The molecule has 0 aromatic rings. The summed E-state index contributed by atoms with van der Waals surface area (Å²) in [5, 5.41) is -0.182. The number of alkyl halides is 9. The van der Waals surface area contributed by atoms with E-state index in [0.29, 0.717) is 0 Å². The van der Waals surface area contributed by atoms with Gasteiger partial charge in [-0.3, -0.25) is 5.32 Å². The van der Waals surface area contributed by atoms with Crippen LogP contribution in [-0.4, -0.2) is 50.5 Å². The molecule has 126 valence electrons. The zero-order chi connectivity index (χ0) is 17.1. The van der Waals surface area contributed by atoms with E-state index < -0.39 is 43.4 Å². The minimum absolute atomic E-state index is 0.182. The summed E-state index contributed by atoms with van der Waals surface area (Å²) >= 11 is 0. The number of carbonyl (C=O) groups excluding carboxylic acids is 1. The van der Waals surface area contributed by atoms with Gasteiger partial charge in [0.1, 0.15) is 6.61 Å². The average Bonchev–Trinajstić information content (AvgIpc) is 2.20. The summed E-state index contributed by atoms with van der Waals surface area (Å²) in [6.45, 7) is -1.28. The molecule has 4 nitrogen and oxygen atoms in total. The Hall–Kier alpha value is -1.40. The van der Waals surface area contributed by atoms with Crippen molar-refractivity contribution in [2.45, 2.75) is 24.1 Å². The van der Waals surface area contributed by atoms with Crippen LogP contribution in [0, 0.1) is 0 Å². The largest absolute Gasteiger partial charge is 0.447 e. The van der Waals surface area contributed by atoms with Crippen LogP contribution < -0.4 is 5.32 Å². The summed E-state index contributed by atoms with van der Waals surface area (Å²) in [6, 6.07) is 0. The molecule has 0 spiro atoms. The fraction of sp³-hybridized carbons (Fsp3) is 0.875. The van der Waals surface area contributed by atoms with Crippen LogP contribution in [0.4, 0.5) is 44.3 Å². The van der Waals surface area contributed by atoms with Crippen molar-refractivity contribution in [2.24, 2.45) is 0 Å². The molecule has 0 aliphatic heterocycles. The molecule has 0 aromatic heterocycles. The van der Waals surface area contributed by atoms with Gasteiger partial charge in [-0.15, -0.1) is 0 Å². The molecule has 1 N–H and O–H groups in total. The number of alkyl carbamates (subject to hydrolysis) is 1. The number of ether oxygens (including phenoxy) is 2. The Morgan fingerprint density at radius 2 is 1.24 bits per heavy atom. The van der Waals surface area contributed by atoms with Crippen LogP contribution in [0.1, 0.15) is 0 Å². The topological polar surface area (TPSA) is 47.6 Å². The van der Waals surface area contributed by atoms with E-state index in [9.17, 15) is 44.3 Å². The summed E-state index contributed by atoms with van der Waals surface area (Å²) in [5.41, 5.74) is -6.43. The Morgan fingerprint density at radius 3 is 1.52 bits per heavy atom. The SMILES string of the molecule is COCCOC(=O)NC(C(F)(F)F)(C(F)(F)F)C(F)(F)F. The van der Waals surface area contributed by atoms with Crippen molar-refractivity contribution < 1.29 is 53.8 Å². The summed E-state index contributed by atoms with van der Waals surface area (Å²) in [6.07, 6.45) is -23.2. The molecule has 21 heavy (non-hydrogen) atoms. The second-order valence-corrected chi connectivity index (χ2v) is 3.50. The fourth-order valence-corrected chi connectivity index (χ4v) is 1.10. The van der Waals surface area contributed by atoms with Gasteiger partial charge in [-0.1, -0.05) is 0 Å². The number of amides is 1. The quantitative estimate of drug-likeness (QED) is 0.634. The molecule has 0 saturated heterocycles. The van der Waals surface area contributed by atoms with E-state index in [2.05, 4.69) is 9.47 Å². The Bertz CT molecular complexity index is 323. The molecular weight excluding hydrogens is 329 g/mol. The van der Waals surface area contributed by atoms with E-state index in [0.717, 1.165) is 7.11 Å². The van der Waals surface area contributed by atoms with Crippen LogP contribution in [-0.2, 0) is 9.47 Å². The molecule has 0 heterocycles. The maximum absolute atomic E-state index is 12.4. The van der Waals surface area contributed by atoms with Gasteiger partial charge in [0.15, 0.2) is 0 Å². The van der Waals surface area contributed by atoms with Crippen molar-refractivity contribution in [1.82, 2.24) is 5.32 Å². The second-order valence-electron chi connectivity index (χ2n) is 3.50. The van der Waals surface area contributed by atoms with Crippen molar-refractivity contribution in [1.29, 1.82) is 0 Å². The third-order valence-electron chi connectivity index (χ3n) is 2.09. The number of carbonyl (C=O) groups is 1. The predicted molar refractivity (Wildman–Crippen MR) is 47.3 cm³/mol. The molecule has 13 heteroatoms. The Kier molecular flexibility index (Phi) is 5.74. The van der Waals surface area contributed by atoms with Crippen LogP contribution in [0.25, 0.3) is 0 Å². The van der Waals surface area contributed by atoms with Gasteiger partial charge in [-0.2, -0.15) is 39.5 Å². The first-order valence-corrected chi connectivity index (χ1v) is 4.84. The molecule has 0 unspecified atom stereocenters. The van der Waals surface area contributed by atoms with E-state index in [1.54, 1.807) is 0 Å². The summed E-state index contributed by atoms with van der Waals surface area (Å²) in [7, 11) is 1.05. The van der Waals surface area contributed by atoms with Gasteiger partial charge in [0.05, 0.1) is 6.61 Å². The zero-order valence-corrected chi connectivity index (χ0v) is 10.0. The highest BCUT2D eigenvalue weighted by Gasteiger charge is 2.85. The van der Waals surface area contributed by atoms with Gasteiger partial charge in [0.2, 0.25) is 0 Å². The lowest BCUT2D eigenvalue weighted by atomic mass is 9.97. The normalized spacial score (nSPS) is 14.0. The highest BCUT2D eigenvalue weighted by atomic mass is 19.4. The molecule has 0 rings (SSSR count). The Balaban J connectivity index is 5.58. The van der Waals surface area contributed by atoms with Gasteiger partial charge >= 0.3 is 30.2 Å². The molecule has 0 atom stereocenters. The van der Waals surface area contributed by atoms with E-state index in [1.165, 1.54) is 0 Å². The molecule has 0 aliphatic rings. The van der Waals surface area contributed by atoms with Crippen molar-refractivity contribution in [3.05, 3.63) is 0 Å². The maximum Gasteiger partial charge on any atom is 0.429 e. The van der Waals surface area contributed by atoms with Crippen LogP contribution in [0.5, 0.6) is 0 Å².